The molecule has 1 amide bonds. The normalized spacial score (nSPS) is 16.9. The molecule has 0 saturated carbocycles. The van der Waals surface area contributed by atoms with Crippen LogP contribution >= 0.6 is 0 Å². The van der Waals surface area contributed by atoms with E-state index in [1.807, 2.05) is 19.2 Å². The van der Waals surface area contributed by atoms with E-state index in [1.165, 1.54) is 12.2 Å². The molecule has 0 aliphatic carbocycles. The first kappa shape index (κ1) is 15.9. The Morgan fingerprint density at radius 2 is 2.19 bits per heavy atom. The second kappa shape index (κ2) is 7.47. The summed E-state index contributed by atoms with van der Waals surface area (Å²) in [5, 5.41) is 1.29. The van der Waals surface area contributed by atoms with Gasteiger partial charge in [-0.15, -0.1) is 0 Å². The molecule has 2 rings (SSSR count). The first-order valence-corrected chi connectivity index (χ1v) is 7.42. The molecule has 116 valence electrons. The smallest absolute Gasteiger partial charge is 0.247 e. The van der Waals surface area contributed by atoms with Crippen LogP contribution in [0.3, 0.4) is 0 Å². The van der Waals surface area contributed by atoms with Crippen LogP contribution < -0.4 is 0 Å². The highest BCUT2D eigenvalue weighted by Crippen LogP contribution is 2.25. The van der Waals surface area contributed by atoms with Crippen molar-refractivity contribution in [3.63, 3.8) is 0 Å². The number of hydrogen-bond donors (Lipinski definition) is 0. The van der Waals surface area contributed by atoms with Gasteiger partial charge in [0.05, 0.1) is 7.11 Å². The van der Waals surface area contributed by atoms with Gasteiger partial charge in [-0.3, -0.25) is 9.63 Å². The summed E-state index contributed by atoms with van der Waals surface area (Å²) in [7, 11) is 3.15. The van der Waals surface area contributed by atoms with E-state index < -0.39 is 0 Å². The second-order valence-corrected chi connectivity index (χ2v) is 5.50. The van der Waals surface area contributed by atoms with Crippen LogP contribution in [0.25, 0.3) is 0 Å². The molecule has 0 atom stereocenters. The van der Waals surface area contributed by atoms with Crippen LogP contribution in [0.1, 0.15) is 36.7 Å². The van der Waals surface area contributed by atoms with Gasteiger partial charge in [0.15, 0.2) is 0 Å². The van der Waals surface area contributed by atoms with Crippen molar-refractivity contribution in [2.24, 2.45) is 0 Å². The molecule has 1 aliphatic rings. The van der Waals surface area contributed by atoms with E-state index in [4.69, 9.17) is 4.84 Å². The lowest BCUT2D eigenvalue weighted by atomic mass is 9.95. The highest BCUT2D eigenvalue weighted by atomic mass is 16.7. The molecule has 6 heteroatoms. The van der Waals surface area contributed by atoms with Crippen LogP contribution in [0.4, 0.5) is 0 Å². The molecule has 21 heavy (non-hydrogen) atoms. The average Bonchev–Trinajstić information content (AvgIpc) is 2.52. The minimum atomic E-state index is 0.0154. The SMILES string of the molecule is CON(C)C(=O)CCN1CCC(c2nccc(C)n2)CC1. The molecule has 0 spiro atoms. The van der Waals surface area contributed by atoms with Gasteiger partial charge in [-0.05, 0) is 38.9 Å². The largest absolute Gasteiger partial charge is 0.303 e. The number of aryl methyl sites for hydroxylation is 1. The highest BCUT2D eigenvalue weighted by Gasteiger charge is 2.23. The third kappa shape index (κ3) is 4.47. The summed E-state index contributed by atoms with van der Waals surface area (Å²) in [6, 6.07) is 1.93. The lowest BCUT2D eigenvalue weighted by Gasteiger charge is -2.31. The molecule has 0 radical (unpaired) electrons. The van der Waals surface area contributed by atoms with Gasteiger partial charge in [0, 0.05) is 37.8 Å². The van der Waals surface area contributed by atoms with Crippen molar-refractivity contribution >= 4 is 5.91 Å². The van der Waals surface area contributed by atoms with Crippen LogP contribution in [-0.4, -0.2) is 59.6 Å². The Morgan fingerprint density at radius 3 is 2.81 bits per heavy atom. The number of carbonyl (C=O) groups is 1. The number of rotatable bonds is 5. The molecule has 1 aliphatic heterocycles. The van der Waals surface area contributed by atoms with Crippen LogP contribution in [0.2, 0.25) is 0 Å². The topological polar surface area (TPSA) is 58.6 Å². The Hall–Kier alpha value is -1.53. The van der Waals surface area contributed by atoms with E-state index in [2.05, 4.69) is 14.9 Å². The number of hydroxylamine groups is 2. The molecule has 0 aromatic carbocycles. The molecule has 1 aromatic rings. The molecule has 0 unspecified atom stereocenters. The minimum absolute atomic E-state index is 0.0154. The summed E-state index contributed by atoms with van der Waals surface area (Å²) < 4.78 is 0. The predicted molar refractivity (Wildman–Crippen MR) is 79.6 cm³/mol. The van der Waals surface area contributed by atoms with E-state index in [1.54, 1.807) is 7.05 Å². The lowest BCUT2D eigenvalue weighted by Crippen LogP contribution is -2.36. The van der Waals surface area contributed by atoms with Crippen LogP contribution in [-0.2, 0) is 9.63 Å². The van der Waals surface area contributed by atoms with Crippen molar-refractivity contribution in [2.75, 3.05) is 33.8 Å². The lowest BCUT2D eigenvalue weighted by molar-refractivity contribution is -0.169. The van der Waals surface area contributed by atoms with Gasteiger partial charge in [0.25, 0.3) is 0 Å². The Bertz CT molecular complexity index is 472. The first-order valence-electron chi connectivity index (χ1n) is 7.42. The highest BCUT2D eigenvalue weighted by molar-refractivity contribution is 5.74. The molecule has 6 nitrogen and oxygen atoms in total. The molecule has 1 fully saturated rings. The van der Waals surface area contributed by atoms with Crippen LogP contribution in [0.5, 0.6) is 0 Å². The van der Waals surface area contributed by atoms with E-state index in [-0.39, 0.29) is 5.91 Å². The molecular formula is C15H24N4O2. The number of piperidine rings is 1. The standard InChI is InChI=1S/C15H24N4O2/c1-12-4-8-16-15(17-12)13-5-9-19(10-6-13)11-7-14(20)18(2)21-3/h4,8,13H,5-7,9-11H2,1-3H3. The maximum Gasteiger partial charge on any atom is 0.247 e. The van der Waals surface area contributed by atoms with Crippen molar-refractivity contribution in [1.82, 2.24) is 19.9 Å². The zero-order valence-corrected chi connectivity index (χ0v) is 13.1. The van der Waals surface area contributed by atoms with Crippen molar-refractivity contribution < 1.29 is 9.63 Å². The van der Waals surface area contributed by atoms with Crippen LogP contribution in [0, 0.1) is 6.92 Å². The molecule has 0 N–H and O–H groups in total. The fourth-order valence-corrected chi connectivity index (χ4v) is 2.59. The molecule has 0 bridgehead atoms. The maximum atomic E-state index is 11.7. The Labute approximate surface area is 126 Å². The summed E-state index contributed by atoms with van der Waals surface area (Å²) in [6.07, 6.45) is 4.44. The predicted octanol–water partition coefficient (Wildman–Crippen LogP) is 1.37. The number of carbonyl (C=O) groups excluding carboxylic acids is 1. The number of amides is 1. The van der Waals surface area contributed by atoms with Crippen molar-refractivity contribution in [3.8, 4) is 0 Å². The van der Waals surface area contributed by atoms with E-state index in [9.17, 15) is 4.79 Å². The summed E-state index contributed by atoms with van der Waals surface area (Å²) in [5.41, 5.74) is 1.02. The van der Waals surface area contributed by atoms with Gasteiger partial charge >= 0.3 is 0 Å². The number of nitrogens with zero attached hydrogens (tertiary/aromatic N) is 4. The van der Waals surface area contributed by atoms with Crippen LogP contribution in [0.15, 0.2) is 12.3 Å². The Kier molecular flexibility index (Phi) is 5.64. The van der Waals surface area contributed by atoms with Gasteiger partial charge in [-0.25, -0.2) is 15.0 Å². The fourth-order valence-electron chi connectivity index (χ4n) is 2.59. The maximum absolute atomic E-state index is 11.7. The van der Waals surface area contributed by atoms with Gasteiger partial charge in [0.1, 0.15) is 5.82 Å². The minimum Gasteiger partial charge on any atom is -0.303 e. The van der Waals surface area contributed by atoms with Gasteiger partial charge < -0.3 is 4.90 Å². The Morgan fingerprint density at radius 1 is 1.48 bits per heavy atom. The summed E-state index contributed by atoms with van der Waals surface area (Å²) in [4.78, 5) is 27.8. The number of likely N-dealkylation sites (tertiary alicyclic amines) is 1. The molecule has 2 heterocycles. The van der Waals surface area contributed by atoms with Gasteiger partial charge in [-0.1, -0.05) is 0 Å². The summed E-state index contributed by atoms with van der Waals surface area (Å²) >= 11 is 0. The summed E-state index contributed by atoms with van der Waals surface area (Å²) in [5.74, 6) is 1.42. The van der Waals surface area contributed by atoms with E-state index >= 15 is 0 Å². The molecule has 1 aromatic heterocycles. The summed E-state index contributed by atoms with van der Waals surface area (Å²) in [6.45, 7) is 4.77. The quantitative estimate of drug-likeness (QED) is 0.767. The van der Waals surface area contributed by atoms with Crippen molar-refractivity contribution in [1.29, 1.82) is 0 Å². The zero-order valence-electron chi connectivity index (χ0n) is 13.1. The monoisotopic (exact) mass is 292 g/mol. The zero-order chi connectivity index (χ0) is 15.2. The third-order valence-electron chi connectivity index (χ3n) is 4.03. The van der Waals surface area contributed by atoms with Gasteiger partial charge in [0.2, 0.25) is 5.91 Å². The number of hydrogen-bond acceptors (Lipinski definition) is 5. The third-order valence-corrected chi connectivity index (χ3v) is 4.03. The van der Waals surface area contributed by atoms with Crippen molar-refractivity contribution in [2.45, 2.75) is 32.1 Å². The first-order chi connectivity index (χ1) is 10.1. The second-order valence-electron chi connectivity index (χ2n) is 5.50. The van der Waals surface area contributed by atoms with E-state index in [0.717, 1.165) is 44.0 Å². The Balaban J connectivity index is 1.77. The van der Waals surface area contributed by atoms with Crippen molar-refractivity contribution in [3.05, 3.63) is 23.8 Å². The number of aromatic nitrogens is 2. The van der Waals surface area contributed by atoms with Gasteiger partial charge in [-0.2, -0.15) is 0 Å². The molecule has 1 saturated heterocycles. The fraction of sp³-hybridized carbons (Fsp3) is 0.667. The average molecular weight is 292 g/mol. The molecular weight excluding hydrogens is 268 g/mol. The van der Waals surface area contributed by atoms with E-state index in [0.29, 0.717) is 12.3 Å².